The number of nitrogens with one attached hydrogen (secondary N) is 1. The molecule has 1 unspecified atom stereocenters. The number of rotatable bonds is 5. The Bertz CT molecular complexity index is 1350. The number of carbonyl (C=O) groups is 1. The van der Waals surface area contributed by atoms with E-state index in [0.717, 1.165) is 21.1 Å². The number of aromatic nitrogens is 3. The molecule has 0 spiro atoms. The summed E-state index contributed by atoms with van der Waals surface area (Å²) >= 11 is 6.39. The Morgan fingerprint density at radius 1 is 1.00 bits per heavy atom. The maximum atomic E-state index is 13.0. The predicted octanol–water partition coefficient (Wildman–Crippen LogP) is 5.07. The van der Waals surface area contributed by atoms with Gasteiger partial charge >= 0.3 is 0 Å². The molecule has 0 saturated heterocycles. The number of H-pyrrole nitrogens is 1. The van der Waals surface area contributed by atoms with E-state index in [4.69, 9.17) is 21.9 Å². The molecular weight excluding hydrogens is 426 g/mol. The molecule has 7 nitrogen and oxygen atoms in total. The van der Waals surface area contributed by atoms with E-state index >= 15 is 0 Å². The fourth-order valence-corrected chi connectivity index (χ4v) is 3.65. The lowest BCUT2D eigenvalue weighted by molar-refractivity contribution is -0.118. The van der Waals surface area contributed by atoms with E-state index in [1.54, 1.807) is 30.6 Å². The molecule has 0 aliphatic rings. The van der Waals surface area contributed by atoms with Crippen LogP contribution in [0.1, 0.15) is 11.6 Å². The molecule has 0 saturated carbocycles. The third kappa shape index (κ3) is 3.75. The van der Waals surface area contributed by atoms with Gasteiger partial charge in [-0.15, -0.1) is 0 Å². The Morgan fingerprint density at radius 2 is 1.81 bits per heavy atom. The monoisotopic (exact) mass is 443 g/mol. The highest BCUT2D eigenvalue weighted by Crippen LogP contribution is 2.29. The summed E-state index contributed by atoms with van der Waals surface area (Å²) in [6, 6.07) is 21.1. The highest BCUT2D eigenvalue weighted by atomic mass is 35.5. The number of halogens is 1. The number of para-hydroxylation sites is 2. The average Bonchev–Trinajstić information content (AvgIpc) is 3.53. The van der Waals surface area contributed by atoms with E-state index in [-0.39, 0.29) is 0 Å². The van der Waals surface area contributed by atoms with Crippen LogP contribution in [0.25, 0.3) is 33.7 Å². The van der Waals surface area contributed by atoms with Crippen LogP contribution in [-0.4, -0.2) is 21.1 Å². The zero-order valence-corrected chi connectivity index (χ0v) is 17.5. The van der Waals surface area contributed by atoms with Crippen molar-refractivity contribution in [2.24, 2.45) is 5.73 Å². The minimum Gasteiger partial charge on any atom is -0.436 e. The maximum absolute atomic E-state index is 13.0. The van der Waals surface area contributed by atoms with Crippen LogP contribution in [0.4, 0.5) is 5.69 Å². The topological polar surface area (TPSA) is 101 Å². The van der Waals surface area contributed by atoms with Crippen LogP contribution in [0.3, 0.4) is 0 Å². The molecule has 1 atom stereocenters. The third-order valence-electron chi connectivity index (χ3n) is 5.17. The number of benzene rings is 3. The number of hydrogen-bond acceptors (Lipinski definition) is 5. The lowest BCUT2D eigenvalue weighted by Gasteiger charge is -2.19. The molecule has 0 aliphatic carbocycles. The number of amides is 1. The number of aromatic amines is 1. The van der Waals surface area contributed by atoms with Gasteiger partial charge in [0.1, 0.15) is 11.6 Å². The first kappa shape index (κ1) is 20.0. The van der Waals surface area contributed by atoms with Crippen molar-refractivity contribution >= 4 is 34.5 Å². The molecule has 0 aliphatic heterocycles. The first-order valence-corrected chi connectivity index (χ1v) is 10.2. The highest BCUT2D eigenvalue weighted by molar-refractivity contribution is 6.37. The zero-order valence-electron chi connectivity index (χ0n) is 16.8. The second-order valence-electron chi connectivity index (χ2n) is 7.24. The van der Waals surface area contributed by atoms with E-state index in [2.05, 4.69) is 15.2 Å². The van der Waals surface area contributed by atoms with Crippen molar-refractivity contribution in [2.45, 2.75) is 6.04 Å². The van der Waals surface area contributed by atoms with E-state index in [0.29, 0.717) is 28.3 Å². The summed E-state index contributed by atoms with van der Waals surface area (Å²) < 4.78 is 6.85. The Balaban J connectivity index is 1.37. The number of oxazole rings is 1. The second-order valence-corrected chi connectivity index (χ2v) is 7.58. The van der Waals surface area contributed by atoms with Crippen LogP contribution in [-0.2, 0) is 4.79 Å². The van der Waals surface area contributed by atoms with E-state index in [1.807, 2.05) is 54.6 Å². The van der Waals surface area contributed by atoms with Crippen LogP contribution in [0.5, 0.6) is 0 Å². The van der Waals surface area contributed by atoms with E-state index in [9.17, 15) is 4.79 Å². The highest BCUT2D eigenvalue weighted by Gasteiger charge is 2.23. The smallest absolute Gasteiger partial charge is 0.263 e. The molecule has 0 radical (unpaired) electrons. The molecule has 5 aromatic rings. The van der Waals surface area contributed by atoms with Crippen LogP contribution < -0.4 is 10.2 Å². The van der Waals surface area contributed by atoms with Gasteiger partial charge in [-0.2, -0.15) is 5.10 Å². The largest absolute Gasteiger partial charge is 0.436 e. The van der Waals surface area contributed by atoms with Gasteiger partial charge in [-0.3, -0.25) is 9.89 Å². The summed E-state index contributed by atoms with van der Waals surface area (Å²) in [6.07, 6.45) is 3.52. The fourth-order valence-electron chi connectivity index (χ4n) is 3.44. The first-order valence-electron chi connectivity index (χ1n) is 9.90. The Morgan fingerprint density at radius 3 is 2.56 bits per heavy atom. The number of anilines is 1. The van der Waals surface area contributed by atoms with Gasteiger partial charge in [0.2, 0.25) is 5.89 Å². The SMILES string of the molecule is NC(C(=O)N(Cl)c1cccc(-c2nc3ccccc3o2)c1)c1ccc(-c2cn[nH]c2)cc1. The van der Waals surface area contributed by atoms with Gasteiger partial charge in [0.15, 0.2) is 5.58 Å². The van der Waals surface area contributed by atoms with Gasteiger partial charge in [0.25, 0.3) is 5.91 Å². The Hall–Kier alpha value is -3.94. The summed E-state index contributed by atoms with van der Waals surface area (Å²) in [4.78, 5) is 17.5. The van der Waals surface area contributed by atoms with Crippen molar-refractivity contribution < 1.29 is 9.21 Å². The standard InChI is InChI=1S/C24H18ClN5O2/c25-30(24(31)22(26)16-10-8-15(9-11-16)18-13-27-28-14-18)19-5-3-4-17(12-19)23-29-20-6-1-2-7-21(20)32-23/h1-14,22H,26H2,(H,27,28). The van der Waals surface area contributed by atoms with Gasteiger partial charge in [0, 0.05) is 29.1 Å². The molecule has 0 bridgehead atoms. The molecule has 1 amide bonds. The predicted molar refractivity (Wildman–Crippen MR) is 124 cm³/mol. The molecule has 3 N–H and O–H groups in total. The van der Waals surface area contributed by atoms with Crippen molar-refractivity contribution in [2.75, 3.05) is 4.42 Å². The number of nitrogens with zero attached hydrogens (tertiary/aromatic N) is 3. The van der Waals surface area contributed by atoms with Crippen LogP contribution in [0, 0.1) is 0 Å². The number of nitrogens with two attached hydrogens (primary N) is 1. The van der Waals surface area contributed by atoms with Gasteiger partial charge in [-0.05, 0) is 41.5 Å². The summed E-state index contributed by atoms with van der Waals surface area (Å²) in [5.74, 6) is 0.00198. The van der Waals surface area contributed by atoms with Crippen LogP contribution >= 0.6 is 11.8 Å². The number of carbonyl (C=O) groups excluding carboxylic acids is 1. The Labute approximate surface area is 188 Å². The van der Waals surface area contributed by atoms with Crippen molar-refractivity contribution in [1.82, 2.24) is 15.2 Å². The fraction of sp³-hybridized carbons (Fsp3) is 0.0417. The molecule has 0 fully saturated rings. The number of hydrogen-bond donors (Lipinski definition) is 2. The first-order chi connectivity index (χ1) is 15.6. The van der Waals surface area contributed by atoms with Crippen LogP contribution in [0.15, 0.2) is 89.6 Å². The molecular formula is C24H18ClN5O2. The summed E-state index contributed by atoms with van der Waals surface area (Å²) in [5.41, 5.74) is 11.4. The van der Waals surface area contributed by atoms with Crippen LogP contribution in [0.2, 0.25) is 0 Å². The molecule has 8 heteroatoms. The summed E-state index contributed by atoms with van der Waals surface area (Å²) in [5, 5.41) is 6.72. The van der Waals surface area contributed by atoms with Gasteiger partial charge in [-0.1, -0.05) is 42.5 Å². The summed E-state index contributed by atoms with van der Waals surface area (Å²) in [6.45, 7) is 0. The van der Waals surface area contributed by atoms with Gasteiger partial charge < -0.3 is 10.2 Å². The van der Waals surface area contributed by atoms with Crippen molar-refractivity contribution in [1.29, 1.82) is 0 Å². The van der Waals surface area contributed by atoms with E-state index in [1.165, 1.54) is 0 Å². The molecule has 5 rings (SSSR count). The van der Waals surface area contributed by atoms with Crippen molar-refractivity contribution in [3.05, 3.63) is 90.8 Å². The third-order valence-corrected chi connectivity index (χ3v) is 5.54. The van der Waals surface area contributed by atoms with Gasteiger partial charge in [-0.25, -0.2) is 9.40 Å². The Kier molecular flexibility index (Phi) is 5.18. The second kappa shape index (κ2) is 8.30. The lowest BCUT2D eigenvalue weighted by Crippen LogP contribution is -2.32. The average molecular weight is 444 g/mol. The summed E-state index contributed by atoms with van der Waals surface area (Å²) in [7, 11) is 0. The number of fused-ring (bicyclic) bond motifs is 1. The molecule has 158 valence electrons. The molecule has 3 aromatic carbocycles. The quantitative estimate of drug-likeness (QED) is 0.369. The lowest BCUT2D eigenvalue weighted by atomic mass is 10.0. The molecule has 32 heavy (non-hydrogen) atoms. The van der Waals surface area contributed by atoms with Crippen molar-refractivity contribution in [3.8, 4) is 22.6 Å². The van der Waals surface area contributed by atoms with Crippen molar-refractivity contribution in [3.63, 3.8) is 0 Å². The minimum absolute atomic E-state index is 0.447. The molecule has 2 aromatic heterocycles. The maximum Gasteiger partial charge on any atom is 0.263 e. The minimum atomic E-state index is -0.918. The molecule has 2 heterocycles. The zero-order chi connectivity index (χ0) is 22.1. The van der Waals surface area contributed by atoms with E-state index < -0.39 is 11.9 Å². The normalized spacial score (nSPS) is 12.1. The van der Waals surface area contributed by atoms with Gasteiger partial charge in [0.05, 0.1) is 11.9 Å².